The Morgan fingerprint density at radius 2 is 1.92 bits per heavy atom. The predicted molar refractivity (Wildman–Crippen MR) is 100 cm³/mol. The molecule has 1 aromatic heterocycles. The van der Waals surface area contributed by atoms with Gasteiger partial charge in [0.2, 0.25) is 0 Å². The second-order valence-electron chi connectivity index (χ2n) is 5.98. The van der Waals surface area contributed by atoms with Crippen molar-refractivity contribution in [2.75, 3.05) is 13.6 Å². The first-order chi connectivity index (χ1) is 12.0. The second-order valence-corrected chi connectivity index (χ2v) is 6.82. The van der Waals surface area contributed by atoms with Gasteiger partial charge < -0.3 is 9.52 Å². The van der Waals surface area contributed by atoms with Gasteiger partial charge in [0.25, 0.3) is 0 Å². The Hall–Kier alpha value is -1.85. The van der Waals surface area contributed by atoms with E-state index in [1.807, 2.05) is 42.3 Å². The molecule has 1 unspecified atom stereocenters. The third-order valence-corrected chi connectivity index (χ3v) is 4.47. The normalized spacial score (nSPS) is 12.7. The molecule has 0 saturated carbocycles. The van der Waals surface area contributed by atoms with Gasteiger partial charge in [-0.15, -0.1) is 0 Å². The highest BCUT2D eigenvalue weighted by atomic mass is 35.5. The summed E-state index contributed by atoms with van der Waals surface area (Å²) in [6.07, 6.45) is 0.776. The zero-order chi connectivity index (χ0) is 18.0. The minimum absolute atomic E-state index is 0.174. The van der Waals surface area contributed by atoms with Crippen LogP contribution in [0, 0.1) is 0 Å². The number of nitrogens with zero attached hydrogens (tertiary/aromatic N) is 1. The molecule has 0 bridgehead atoms. The number of benzene rings is 2. The standard InChI is InChI=1S/C19H17Cl2NO3/c1-22(10-17(23)12-5-3-2-4-6-12)9-13-11-25-19-15(18(13)24)7-14(20)8-16(19)21/h2-8,11,17,23H,9-10H2,1H3. The van der Waals surface area contributed by atoms with Crippen molar-refractivity contribution in [3.05, 3.63) is 80.1 Å². The van der Waals surface area contributed by atoms with Crippen LogP contribution in [0.2, 0.25) is 10.0 Å². The SMILES string of the molecule is CN(Cc1coc2c(Cl)cc(Cl)cc2c1=O)CC(O)c1ccccc1. The van der Waals surface area contributed by atoms with Gasteiger partial charge in [-0.2, -0.15) is 0 Å². The van der Waals surface area contributed by atoms with Crippen LogP contribution in [0.25, 0.3) is 11.0 Å². The van der Waals surface area contributed by atoms with Gasteiger partial charge in [-0.05, 0) is 24.7 Å². The van der Waals surface area contributed by atoms with Crippen molar-refractivity contribution in [2.45, 2.75) is 12.6 Å². The first kappa shape index (κ1) is 18.0. The van der Waals surface area contributed by atoms with Gasteiger partial charge in [0, 0.05) is 23.7 Å². The fourth-order valence-electron chi connectivity index (χ4n) is 2.75. The van der Waals surface area contributed by atoms with Crippen molar-refractivity contribution in [1.29, 1.82) is 0 Å². The molecule has 3 aromatic rings. The molecule has 6 heteroatoms. The van der Waals surface area contributed by atoms with E-state index in [2.05, 4.69) is 0 Å². The highest BCUT2D eigenvalue weighted by Crippen LogP contribution is 2.26. The monoisotopic (exact) mass is 377 g/mol. The number of likely N-dealkylation sites (N-methyl/N-ethyl adjacent to an activating group) is 1. The molecule has 0 radical (unpaired) electrons. The molecule has 4 nitrogen and oxygen atoms in total. The molecule has 1 N–H and O–H groups in total. The van der Waals surface area contributed by atoms with Crippen LogP contribution in [0.3, 0.4) is 0 Å². The number of hydrogen-bond donors (Lipinski definition) is 1. The first-order valence-corrected chi connectivity index (χ1v) is 8.52. The van der Waals surface area contributed by atoms with Crippen LogP contribution in [-0.2, 0) is 6.54 Å². The van der Waals surface area contributed by atoms with Crippen molar-refractivity contribution in [3.8, 4) is 0 Å². The van der Waals surface area contributed by atoms with Crippen molar-refractivity contribution >= 4 is 34.2 Å². The summed E-state index contributed by atoms with van der Waals surface area (Å²) < 4.78 is 5.52. The average Bonchev–Trinajstić information content (AvgIpc) is 2.58. The van der Waals surface area contributed by atoms with E-state index in [0.29, 0.717) is 39.7 Å². The molecule has 0 spiro atoms. The average molecular weight is 378 g/mol. The number of halogens is 2. The number of aliphatic hydroxyl groups excluding tert-OH is 1. The fourth-order valence-corrected chi connectivity index (χ4v) is 3.28. The number of hydrogen-bond acceptors (Lipinski definition) is 4. The Balaban J connectivity index is 1.81. The molecule has 0 aliphatic rings. The molecule has 3 rings (SSSR count). The molecule has 25 heavy (non-hydrogen) atoms. The van der Waals surface area contributed by atoms with Crippen molar-refractivity contribution in [2.24, 2.45) is 0 Å². The maximum absolute atomic E-state index is 12.7. The van der Waals surface area contributed by atoms with Crippen molar-refractivity contribution in [1.82, 2.24) is 4.90 Å². The van der Waals surface area contributed by atoms with E-state index in [0.717, 1.165) is 5.56 Å². The molecular weight excluding hydrogens is 361 g/mol. The van der Waals surface area contributed by atoms with E-state index in [9.17, 15) is 9.90 Å². The van der Waals surface area contributed by atoms with E-state index in [-0.39, 0.29) is 5.43 Å². The highest BCUT2D eigenvalue weighted by molar-refractivity contribution is 6.38. The van der Waals surface area contributed by atoms with Crippen molar-refractivity contribution in [3.63, 3.8) is 0 Å². The lowest BCUT2D eigenvalue weighted by Crippen LogP contribution is -2.26. The van der Waals surface area contributed by atoms with Crippen LogP contribution in [0.4, 0.5) is 0 Å². The summed E-state index contributed by atoms with van der Waals surface area (Å²) in [7, 11) is 1.83. The summed E-state index contributed by atoms with van der Waals surface area (Å²) in [5, 5.41) is 11.3. The number of rotatable bonds is 5. The molecule has 1 heterocycles. The van der Waals surface area contributed by atoms with Gasteiger partial charge in [-0.1, -0.05) is 53.5 Å². The smallest absolute Gasteiger partial charge is 0.197 e. The lowest BCUT2D eigenvalue weighted by atomic mass is 10.1. The van der Waals surface area contributed by atoms with Crippen LogP contribution in [0.15, 0.2) is 57.9 Å². The van der Waals surface area contributed by atoms with Gasteiger partial charge >= 0.3 is 0 Å². The molecule has 0 fully saturated rings. The lowest BCUT2D eigenvalue weighted by Gasteiger charge is -2.20. The molecule has 2 aromatic carbocycles. The maximum Gasteiger partial charge on any atom is 0.197 e. The molecule has 0 amide bonds. The Labute approximate surface area is 155 Å². The van der Waals surface area contributed by atoms with Crippen LogP contribution < -0.4 is 5.43 Å². The second kappa shape index (κ2) is 7.58. The summed E-state index contributed by atoms with van der Waals surface area (Å²) >= 11 is 12.1. The summed E-state index contributed by atoms with van der Waals surface area (Å²) in [5.74, 6) is 0. The zero-order valence-corrected chi connectivity index (χ0v) is 15.1. The largest absolute Gasteiger partial charge is 0.462 e. The Morgan fingerprint density at radius 1 is 1.20 bits per heavy atom. The fraction of sp³-hybridized carbons (Fsp3) is 0.211. The van der Waals surface area contributed by atoms with Gasteiger partial charge in [0.15, 0.2) is 11.0 Å². The van der Waals surface area contributed by atoms with Gasteiger partial charge in [-0.3, -0.25) is 9.69 Å². The molecule has 0 saturated heterocycles. The molecule has 130 valence electrons. The third-order valence-electron chi connectivity index (χ3n) is 3.97. The topological polar surface area (TPSA) is 53.7 Å². The molecule has 1 atom stereocenters. The lowest BCUT2D eigenvalue weighted by molar-refractivity contribution is 0.123. The first-order valence-electron chi connectivity index (χ1n) is 7.76. The summed E-state index contributed by atoms with van der Waals surface area (Å²) in [4.78, 5) is 14.5. The van der Waals surface area contributed by atoms with Crippen LogP contribution >= 0.6 is 23.2 Å². The predicted octanol–water partition coefficient (Wildman–Crippen LogP) is 4.27. The zero-order valence-electron chi connectivity index (χ0n) is 13.6. The number of fused-ring (bicyclic) bond motifs is 1. The Morgan fingerprint density at radius 3 is 2.64 bits per heavy atom. The van der Waals surface area contributed by atoms with E-state index in [1.54, 1.807) is 6.07 Å². The van der Waals surface area contributed by atoms with E-state index >= 15 is 0 Å². The summed E-state index contributed by atoms with van der Waals surface area (Å²) in [6.45, 7) is 0.726. The van der Waals surface area contributed by atoms with Crippen LogP contribution in [-0.4, -0.2) is 23.6 Å². The quantitative estimate of drug-likeness (QED) is 0.721. The third kappa shape index (κ3) is 4.05. The van der Waals surface area contributed by atoms with E-state index in [4.69, 9.17) is 27.6 Å². The summed E-state index contributed by atoms with van der Waals surface area (Å²) in [5.41, 5.74) is 1.46. The van der Waals surface area contributed by atoms with Gasteiger partial charge in [0.05, 0.1) is 22.8 Å². The van der Waals surface area contributed by atoms with Gasteiger partial charge in [-0.25, -0.2) is 0 Å². The summed E-state index contributed by atoms with van der Waals surface area (Å²) in [6, 6.07) is 12.5. The van der Waals surface area contributed by atoms with E-state index < -0.39 is 6.10 Å². The van der Waals surface area contributed by atoms with Crippen molar-refractivity contribution < 1.29 is 9.52 Å². The minimum atomic E-state index is -0.636. The Bertz CT molecular complexity index is 941. The number of aliphatic hydroxyl groups is 1. The molecule has 0 aliphatic carbocycles. The van der Waals surface area contributed by atoms with Crippen LogP contribution in [0.5, 0.6) is 0 Å². The molecule has 0 aliphatic heterocycles. The molecular formula is C19H17Cl2NO3. The highest BCUT2D eigenvalue weighted by Gasteiger charge is 2.15. The maximum atomic E-state index is 12.7. The Kier molecular flexibility index (Phi) is 5.45. The minimum Gasteiger partial charge on any atom is -0.462 e. The van der Waals surface area contributed by atoms with Gasteiger partial charge in [0.1, 0.15) is 0 Å². The van der Waals surface area contributed by atoms with Crippen LogP contribution in [0.1, 0.15) is 17.2 Å². The van der Waals surface area contributed by atoms with E-state index in [1.165, 1.54) is 12.3 Å².